The third kappa shape index (κ3) is 2.49. The molecule has 0 aromatic carbocycles. The van der Waals surface area contributed by atoms with Gasteiger partial charge in [0.25, 0.3) is 0 Å². The summed E-state index contributed by atoms with van der Waals surface area (Å²) in [6.07, 6.45) is 3.63. The third-order valence-corrected chi connectivity index (χ3v) is 2.56. The van der Waals surface area contributed by atoms with E-state index < -0.39 is 0 Å². The molecule has 1 heterocycles. The summed E-state index contributed by atoms with van der Waals surface area (Å²) in [4.78, 5) is 15.3. The molecule has 84 valence electrons. The molecule has 0 spiro atoms. The van der Waals surface area contributed by atoms with E-state index in [4.69, 9.17) is 0 Å². The van der Waals surface area contributed by atoms with Crippen LogP contribution < -0.4 is 5.43 Å². The van der Waals surface area contributed by atoms with Crippen molar-refractivity contribution in [1.82, 2.24) is 4.98 Å². The maximum Gasteiger partial charge on any atom is 0.188 e. The van der Waals surface area contributed by atoms with Gasteiger partial charge in [0.1, 0.15) is 0 Å². The van der Waals surface area contributed by atoms with Gasteiger partial charge in [-0.2, -0.15) is 0 Å². The molecule has 0 saturated carbocycles. The number of hydrogen-bond donors (Lipinski definition) is 1. The summed E-state index contributed by atoms with van der Waals surface area (Å²) >= 11 is 0. The maximum atomic E-state index is 12.2. The minimum Gasteiger partial charge on any atom is -0.367 e. The first-order valence-electron chi connectivity index (χ1n) is 5.36. The van der Waals surface area contributed by atoms with Gasteiger partial charge >= 0.3 is 0 Å². The minimum absolute atomic E-state index is 0.102. The first-order chi connectivity index (χ1) is 6.64. The van der Waals surface area contributed by atoms with Crippen LogP contribution in [0.5, 0.6) is 0 Å². The van der Waals surface area contributed by atoms with Crippen LogP contribution >= 0.6 is 0 Å². The zero-order valence-electron chi connectivity index (χ0n) is 10.6. The smallest absolute Gasteiger partial charge is 0.188 e. The fraction of sp³-hybridized carbons (Fsp3) is 0.615. The van der Waals surface area contributed by atoms with E-state index in [0.29, 0.717) is 0 Å². The van der Waals surface area contributed by atoms with Gasteiger partial charge in [0, 0.05) is 23.5 Å². The molecule has 0 radical (unpaired) electrons. The molecule has 0 aliphatic carbocycles. The quantitative estimate of drug-likeness (QED) is 0.697. The number of nitrogens with one attached hydrogen (secondary N) is 1. The van der Waals surface area contributed by atoms with E-state index in [2.05, 4.69) is 46.5 Å². The number of rotatable bonds is 0. The van der Waals surface area contributed by atoms with E-state index in [1.54, 1.807) is 0 Å². The van der Waals surface area contributed by atoms with E-state index in [0.717, 1.165) is 11.1 Å². The minimum atomic E-state index is -0.102. The molecule has 15 heavy (non-hydrogen) atoms. The van der Waals surface area contributed by atoms with Crippen LogP contribution in [0.15, 0.2) is 17.2 Å². The van der Waals surface area contributed by atoms with Gasteiger partial charge in [-0.15, -0.1) is 0 Å². The molecule has 2 nitrogen and oxygen atoms in total. The van der Waals surface area contributed by atoms with Gasteiger partial charge in [-0.05, 0) is 10.8 Å². The van der Waals surface area contributed by atoms with Crippen molar-refractivity contribution in [3.05, 3.63) is 33.7 Å². The van der Waals surface area contributed by atoms with E-state index >= 15 is 0 Å². The van der Waals surface area contributed by atoms with Gasteiger partial charge in [-0.1, -0.05) is 41.5 Å². The van der Waals surface area contributed by atoms with Gasteiger partial charge in [-0.25, -0.2) is 0 Å². The molecule has 0 fully saturated rings. The van der Waals surface area contributed by atoms with Crippen LogP contribution in [0.2, 0.25) is 0 Å². The van der Waals surface area contributed by atoms with Crippen LogP contribution in [-0.4, -0.2) is 4.98 Å². The van der Waals surface area contributed by atoms with Gasteiger partial charge in [0.05, 0.1) is 0 Å². The second kappa shape index (κ2) is 3.51. The summed E-state index contributed by atoms with van der Waals surface area (Å²) in [5.74, 6) is 0. The molecule has 0 amide bonds. The Morgan fingerprint density at radius 1 is 0.867 bits per heavy atom. The van der Waals surface area contributed by atoms with Crippen molar-refractivity contribution in [1.29, 1.82) is 0 Å². The first kappa shape index (κ1) is 12.0. The lowest BCUT2D eigenvalue weighted by molar-refractivity contribution is 0.555. The summed E-state index contributed by atoms with van der Waals surface area (Å²) in [6.45, 7) is 12.4. The standard InChI is InChI=1S/C13H21NO/c1-12(2,3)9-7-14-8-10(11(9)15)13(4,5)6/h7-8H,1-6H3,(H,14,15). The molecule has 2 heteroatoms. The monoisotopic (exact) mass is 207 g/mol. The van der Waals surface area contributed by atoms with Crippen molar-refractivity contribution in [3.8, 4) is 0 Å². The SMILES string of the molecule is CC(C)(C)c1c[nH]cc(C(C)(C)C)c1=O. The maximum absolute atomic E-state index is 12.2. The number of hydrogen-bond acceptors (Lipinski definition) is 1. The van der Waals surface area contributed by atoms with Crippen LogP contribution in [0.4, 0.5) is 0 Å². The molecule has 0 aliphatic rings. The Labute approximate surface area is 91.7 Å². The molecule has 1 aromatic heterocycles. The Hall–Kier alpha value is -1.05. The lowest BCUT2D eigenvalue weighted by Crippen LogP contribution is -2.30. The Morgan fingerprint density at radius 3 is 1.47 bits per heavy atom. The second-order valence-corrected chi connectivity index (χ2v) is 6.11. The van der Waals surface area contributed by atoms with E-state index in [9.17, 15) is 4.79 Å². The van der Waals surface area contributed by atoms with Crippen molar-refractivity contribution in [3.63, 3.8) is 0 Å². The van der Waals surface area contributed by atoms with Gasteiger partial charge in [0.2, 0.25) is 0 Å². The Balaban J connectivity index is 3.44. The molecule has 0 atom stereocenters. The van der Waals surface area contributed by atoms with E-state index in [-0.39, 0.29) is 16.3 Å². The zero-order chi connectivity index (χ0) is 11.9. The van der Waals surface area contributed by atoms with Crippen LogP contribution in [0.25, 0.3) is 0 Å². The molecule has 1 N–H and O–H groups in total. The van der Waals surface area contributed by atoms with Crippen molar-refractivity contribution in [2.75, 3.05) is 0 Å². The summed E-state index contributed by atoms with van der Waals surface area (Å²) in [5, 5.41) is 0. The second-order valence-electron chi connectivity index (χ2n) is 6.11. The predicted molar refractivity (Wildman–Crippen MR) is 64.5 cm³/mol. The highest BCUT2D eigenvalue weighted by atomic mass is 16.1. The summed E-state index contributed by atoms with van der Waals surface area (Å²) in [7, 11) is 0. The predicted octanol–water partition coefficient (Wildman–Crippen LogP) is 2.97. The number of pyridine rings is 1. The molecule has 0 unspecified atom stereocenters. The molecular weight excluding hydrogens is 186 g/mol. The summed E-state index contributed by atoms with van der Waals surface area (Å²) in [5.41, 5.74) is 1.68. The van der Waals surface area contributed by atoms with Crippen molar-refractivity contribution in [2.45, 2.75) is 52.4 Å². The normalized spacial score (nSPS) is 12.9. The number of aromatic amines is 1. The third-order valence-electron chi connectivity index (χ3n) is 2.56. The highest BCUT2D eigenvalue weighted by Gasteiger charge is 2.23. The molecular formula is C13H21NO. The van der Waals surface area contributed by atoms with E-state index in [1.165, 1.54) is 0 Å². The highest BCUT2D eigenvalue weighted by molar-refractivity contribution is 5.28. The Kier molecular flexibility index (Phi) is 2.81. The average molecular weight is 207 g/mol. The average Bonchev–Trinajstić information content (AvgIpc) is 1.99. The topological polar surface area (TPSA) is 32.9 Å². The number of aromatic nitrogens is 1. The lowest BCUT2D eigenvalue weighted by atomic mass is 9.82. The summed E-state index contributed by atoms with van der Waals surface area (Å²) in [6, 6.07) is 0. The lowest BCUT2D eigenvalue weighted by Gasteiger charge is -2.23. The number of H-pyrrole nitrogens is 1. The largest absolute Gasteiger partial charge is 0.367 e. The fourth-order valence-corrected chi connectivity index (χ4v) is 1.60. The molecule has 0 saturated heterocycles. The summed E-state index contributed by atoms with van der Waals surface area (Å²) < 4.78 is 0. The molecule has 0 aliphatic heterocycles. The van der Waals surface area contributed by atoms with Crippen molar-refractivity contribution in [2.24, 2.45) is 0 Å². The van der Waals surface area contributed by atoms with Gasteiger partial charge in [0.15, 0.2) is 5.43 Å². The first-order valence-corrected chi connectivity index (χ1v) is 5.36. The highest BCUT2D eigenvalue weighted by Crippen LogP contribution is 2.22. The zero-order valence-corrected chi connectivity index (χ0v) is 10.6. The molecule has 1 rings (SSSR count). The van der Waals surface area contributed by atoms with E-state index in [1.807, 2.05) is 12.4 Å². The van der Waals surface area contributed by atoms with Crippen LogP contribution in [0.3, 0.4) is 0 Å². The van der Waals surface area contributed by atoms with Crippen LogP contribution in [0, 0.1) is 0 Å². The Morgan fingerprint density at radius 2 is 1.20 bits per heavy atom. The Bertz CT molecular complexity index is 367. The van der Waals surface area contributed by atoms with Crippen LogP contribution in [0.1, 0.15) is 52.7 Å². The van der Waals surface area contributed by atoms with Crippen molar-refractivity contribution < 1.29 is 0 Å². The van der Waals surface area contributed by atoms with Crippen LogP contribution in [-0.2, 0) is 10.8 Å². The van der Waals surface area contributed by atoms with Gasteiger partial charge < -0.3 is 4.98 Å². The van der Waals surface area contributed by atoms with Gasteiger partial charge in [-0.3, -0.25) is 4.79 Å². The molecule has 1 aromatic rings. The molecule has 0 bridgehead atoms. The van der Waals surface area contributed by atoms with Crippen molar-refractivity contribution >= 4 is 0 Å². The fourth-order valence-electron chi connectivity index (χ4n) is 1.60.